The summed E-state index contributed by atoms with van der Waals surface area (Å²) in [6, 6.07) is 6.58. The Bertz CT molecular complexity index is 902. The fraction of sp³-hybridized carbons (Fsp3) is 0.455. The second-order valence-corrected chi connectivity index (χ2v) is 8.47. The van der Waals surface area contributed by atoms with Crippen LogP contribution in [0.3, 0.4) is 0 Å². The highest BCUT2D eigenvalue weighted by molar-refractivity contribution is 6.03. The average Bonchev–Trinajstić information content (AvgIpc) is 2.66. The van der Waals surface area contributed by atoms with Crippen LogP contribution >= 0.6 is 0 Å². The van der Waals surface area contributed by atoms with Crippen molar-refractivity contribution in [3.05, 3.63) is 53.1 Å². The fourth-order valence-corrected chi connectivity index (χ4v) is 3.43. The van der Waals surface area contributed by atoms with Gasteiger partial charge < -0.3 is 10.1 Å². The highest BCUT2D eigenvalue weighted by atomic mass is 16.5. The van der Waals surface area contributed by atoms with Crippen LogP contribution in [0.1, 0.15) is 79.7 Å². The number of fused-ring (bicyclic) bond motifs is 1. The minimum absolute atomic E-state index is 0.0458. The van der Waals surface area contributed by atoms with Gasteiger partial charge >= 0.3 is 5.97 Å². The number of rotatable bonds is 4. The summed E-state index contributed by atoms with van der Waals surface area (Å²) in [5.74, 6) is -0.704. The molecule has 148 valence electrons. The second kappa shape index (κ2) is 7.34. The maximum absolute atomic E-state index is 12.7. The molecule has 1 N–H and O–H groups in total. The van der Waals surface area contributed by atoms with Gasteiger partial charge in [0.15, 0.2) is 0 Å². The van der Waals surface area contributed by atoms with Crippen LogP contribution in [-0.4, -0.2) is 28.5 Å². The number of ether oxygens (including phenoxy) is 1. The van der Waals surface area contributed by atoms with Gasteiger partial charge in [-0.15, -0.1) is 0 Å². The first-order valence-corrected chi connectivity index (χ1v) is 9.60. The molecule has 1 aromatic carbocycles. The molecule has 0 spiro atoms. The van der Waals surface area contributed by atoms with Crippen molar-refractivity contribution in [1.29, 1.82) is 0 Å². The van der Waals surface area contributed by atoms with Gasteiger partial charge in [-0.3, -0.25) is 9.78 Å². The smallest absolute Gasteiger partial charge is 0.338 e. The quantitative estimate of drug-likeness (QED) is 0.801. The molecule has 0 saturated carbocycles. The summed E-state index contributed by atoms with van der Waals surface area (Å²) in [6.07, 6.45) is 3.59. The first kappa shape index (κ1) is 20.0. The van der Waals surface area contributed by atoms with E-state index in [0.29, 0.717) is 23.6 Å². The number of hydrogen-bond acceptors (Lipinski definition) is 5. The Balaban J connectivity index is 1.81. The van der Waals surface area contributed by atoms with E-state index in [1.807, 2.05) is 0 Å². The number of esters is 1. The lowest BCUT2D eigenvalue weighted by atomic mass is 9.67. The van der Waals surface area contributed by atoms with Crippen molar-refractivity contribution < 1.29 is 14.3 Å². The Hall–Kier alpha value is -2.76. The molecule has 2 aromatic rings. The molecule has 28 heavy (non-hydrogen) atoms. The van der Waals surface area contributed by atoms with Gasteiger partial charge in [0, 0.05) is 16.5 Å². The molecule has 1 aliphatic rings. The van der Waals surface area contributed by atoms with Gasteiger partial charge in [-0.05, 0) is 44.0 Å². The molecular formula is C22H27N3O3. The van der Waals surface area contributed by atoms with Crippen molar-refractivity contribution in [1.82, 2.24) is 9.97 Å². The van der Waals surface area contributed by atoms with E-state index in [4.69, 9.17) is 4.74 Å². The molecule has 6 nitrogen and oxygen atoms in total. The van der Waals surface area contributed by atoms with E-state index in [1.165, 1.54) is 0 Å². The maximum Gasteiger partial charge on any atom is 0.338 e. The molecule has 6 heteroatoms. The van der Waals surface area contributed by atoms with E-state index >= 15 is 0 Å². The number of hydrogen-bond donors (Lipinski definition) is 1. The van der Waals surface area contributed by atoms with Gasteiger partial charge in [-0.25, -0.2) is 9.78 Å². The Morgan fingerprint density at radius 3 is 2.25 bits per heavy atom. The molecule has 3 rings (SSSR count). The van der Waals surface area contributed by atoms with Gasteiger partial charge in [-0.1, -0.05) is 27.7 Å². The van der Waals surface area contributed by atoms with Crippen LogP contribution in [0.4, 0.5) is 5.69 Å². The van der Waals surface area contributed by atoms with Crippen LogP contribution < -0.4 is 5.32 Å². The standard InChI is InChI=1S/C22H27N3O3/c1-6-28-20(27)14-7-9-15(10-8-14)24-19(26)16-13-23-17-18(25-16)22(4,5)12-11-21(17,2)3/h7-10,13H,6,11-12H2,1-5H3,(H,24,26). The van der Waals surface area contributed by atoms with Gasteiger partial charge in [0.25, 0.3) is 5.91 Å². The summed E-state index contributed by atoms with van der Waals surface area (Å²) >= 11 is 0. The van der Waals surface area contributed by atoms with E-state index in [2.05, 4.69) is 43.0 Å². The third-order valence-electron chi connectivity index (χ3n) is 5.32. The molecule has 1 amide bonds. The number of carbonyl (C=O) groups is 2. The number of amides is 1. The van der Waals surface area contributed by atoms with Crippen molar-refractivity contribution in [2.24, 2.45) is 0 Å². The molecule has 0 atom stereocenters. The average molecular weight is 381 g/mol. The number of nitrogens with zero attached hydrogens (tertiary/aromatic N) is 2. The normalized spacial score (nSPS) is 16.8. The number of anilines is 1. The third-order valence-corrected chi connectivity index (χ3v) is 5.32. The summed E-state index contributed by atoms with van der Waals surface area (Å²) < 4.78 is 4.96. The van der Waals surface area contributed by atoms with Crippen LogP contribution in [0, 0.1) is 0 Å². The van der Waals surface area contributed by atoms with Crippen LogP contribution in [0.15, 0.2) is 30.5 Å². The second-order valence-electron chi connectivity index (χ2n) is 8.47. The van der Waals surface area contributed by atoms with Crippen molar-refractivity contribution in [2.75, 3.05) is 11.9 Å². The summed E-state index contributed by atoms with van der Waals surface area (Å²) in [6.45, 7) is 10.7. The van der Waals surface area contributed by atoms with Crippen molar-refractivity contribution >= 4 is 17.6 Å². The van der Waals surface area contributed by atoms with E-state index in [9.17, 15) is 9.59 Å². The molecule has 1 aromatic heterocycles. The predicted octanol–water partition coefficient (Wildman–Crippen LogP) is 4.25. The maximum atomic E-state index is 12.7. The molecule has 1 aliphatic carbocycles. The Labute approximate surface area is 165 Å². The molecule has 1 heterocycles. The largest absolute Gasteiger partial charge is 0.462 e. The molecule has 0 bridgehead atoms. The summed E-state index contributed by atoms with van der Waals surface area (Å²) in [7, 11) is 0. The number of nitrogens with one attached hydrogen (secondary N) is 1. The molecular weight excluding hydrogens is 354 g/mol. The van der Waals surface area contributed by atoms with E-state index < -0.39 is 0 Å². The van der Waals surface area contributed by atoms with Crippen molar-refractivity contribution in [3.63, 3.8) is 0 Å². The summed E-state index contributed by atoms with van der Waals surface area (Å²) in [5, 5.41) is 2.82. The number of aromatic nitrogens is 2. The van der Waals surface area contributed by atoms with Crippen molar-refractivity contribution in [2.45, 2.75) is 58.3 Å². The van der Waals surface area contributed by atoms with Gasteiger partial charge in [0.05, 0.1) is 29.8 Å². The number of benzene rings is 1. The Morgan fingerprint density at radius 2 is 1.64 bits per heavy atom. The van der Waals surface area contributed by atoms with Gasteiger partial charge in [0.2, 0.25) is 0 Å². The Kier molecular flexibility index (Phi) is 5.24. The third kappa shape index (κ3) is 3.91. The first-order chi connectivity index (χ1) is 13.1. The minimum atomic E-state index is -0.384. The lowest BCUT2D eigenvalue weighted by molar-refractivity contribution is 0.0526. The zero-order valence-electron chi connectivity index (χ0n) is 17.1. The van der Waals surface area contributed by atoms with Gasteiger partial charge in [-0.2, -0.15) is 0 Å². The molecule has 0 radical (unpaired) electrons. The predicted molar refractivity (Wildman–Crippen MR) is 108 cm³/mol. The van der Waals surface area contributed by atoms with E-state index in [0.717, 1.165) is 24.2 Å². The SMILES string of the molecule is CCOC(=O)c1ccc(NC(=O)c2cnc3c(n2)C(C)(C)CCC3(C)C)cc1. The van der Waals surface area contributed by atoms with Gasteiger partial charge in [0.1, 0.15) is 5.69 Å². The molecule has 0 saturated heterocycles. The monoisotopic (exact) mass is 381 g/mol. The van der Waals surface area contributed by atoms with Crippen molar-refractivity contribution in [3.8, 4) is 0 Å². The van der Waals surface area contributed by atoms with E-state index in [1.54, 1.807) is 37.4 Å². The lowest BCUT2D eigenvalue weighted by Crippen LogP contribution is -2.36. The van der Waals surface area contributed by atoms with Crippen LogP contribution in [-0.2, 0) is 15.6 Å². The van der Waals surface area contributed by atoms with Crippen LogP contribution in [0.2, 0.25) is 0 Å². The molecule has 0 fully saturated rings. The number of carbonyl (C=O) groups excluding carboxylic acids is 2. The Morgan fingerprint density at radius 1 is 1.04 bits per heavy atom. The first-order valence-electron chi connectivity index (χ1n) is 9.60. The molecule has 0 unspecified atom stereocenters. The zero-order valence-corrected chi connectivity index (χ0v) is 17.1. The highest BCUT2D eigenvalue weighted by Gasteiger charge is 2.40. The summed E-state index contributed by atoms with van der Waals surface area (Å²) in [5.41, 5.74) is 3.02. The van der Waals surface area contributed by atoms with Crippen LogP contribution in [0.25, 0.3) is 0 Å². The lowest BCUT2D eigenvalue weighted by Gasteiger charge is -2.39. The van der Waals surface area contributed by atoms with E-state index in [-0.39, 0.29) is 22.7 Å². The topological polar surface area (TPSA) is 81.2 Å². The zero-order chi connectivity index (χ0) is 20.5. The highest BCUT2D eigenvalue weighted by Crippen LogP contribution is 2.43. The molecule has 0 aliphatic heterocycles. The fourth-order valence-electron chi connectivity index (χ4n) is 3.43. The summed E-state index contributed by atoms with van der Waals surface area (Å²) in [4.78, 5) is 33.7. The minimum Gasteiger partial charge on any atom is -0.462 e. The van der Waals surface area contributed by atoms with Crippen LogP contribution in [0.5, 0.6) is 0 Å².